The Hall–Kier alpha value is -2.97. The van der Waals surface area contributed by atoms with Gasteiger partial charge < -0.3 is 24.1 Å². The molecule has 192 valence electrons. The van der Waals surface area contributed by atoms with Crippen LogP contribution in [0.4, 0.5) is 0 Å². The van der Waals surface area contributed by atoms with Gasteiger partial charge in [-0.1, -0.05) is 48.9 Å². The van der Waals surface area contributed by atoms with Gasteiger partial charge in [0.1, 0.15) is 12.2 Å². The molecule has 0 spiro atoms. The molecule has 8 nitrogen and oxygen atoms in total. The smallest absolute Gasteiger partial charge is 0.339 e. The largest absolute Gasteiger partial charge is 0.479 e. The second kappa shape index (κ2) is 13.8. The summed E-state index contributed by atoms with van der Waals surface area (Å²) in [6.07, 6.45) is 0.0571. The topological polar surface area (TPSA) is 108 Å². The van der Waals surface area contributed by atoms with Crippen molar-refractivity contribution in [1.29, 1.82) is 0 Å². The third kappa shape index (κ3) is 10.0. The number of esters is 2. The number of hydrogen-bond donors (Lipinski definition) is 1. The van der Waals surface area contributed by atoms with E-state index in [1.165, 1.54) is 16.3 Å². The number of hydrogen-bond acceptors (Lipinski definition) is 7. The molecule has 1 N–H and O–H groups in total. The van der Waals surface area contributed by atoms with E-state index in [2.05, 4.69) is 30.3 Å². The zero-order chi connectivity index (χ0) is 25.8. The maximum absolute atomic E-state index is 12.7. The molecular weight excluding hydrogens is 452 g/mol. The number of unbranched alkanes of at least 4 members (excludes halogenated alkanes) is 2. The standard InChI is InChI=1S/C27H36O8/c1-5-32-22(28)18-34-23(25(29)30)24(26(31)35-27(2,3)4)33-16-10-6-7-11-19-14-15-20-12-8-9-13-21(20)17-19/h8-9,12-15,17,23-24H,5-7,10-11,16,18H2,1-4H3,(H,29,30)/t23-,24-/m1/s1. The van der Waals surface area contributed by atoms with Crippen LogP contribution in [0.2, 0.25) is 0 Å². The van der Waals surface area contributed by atoms with Crippen LogP contribution >= 0.6 is 0 Å². The Morgan fingerprint density at radius 1 is 0.914 bits per heavy atom. The first-order chi connectivity index (χ1) is 16.6. The van der Waals surface area contributed by atoms with Crippen LogP contribution in [0.25, 0.3) is 10.8 Å². The predicted molar refractivity (Wildman–Crippen MR) is 131 cm³/mol. The molecule has 2 atom stereocenters. The summed E-state index contributed by atoms with van der Waals surface area (Å²) >= 11 is 0. The molecular formula is C27H36O8. The number of ether oxygens (including phenoxy) is 4. The zero-order valence-corrected chi connectivity index (χ0v) is 21.0. The Morgan fingerprint density at radius 2 is 1.63 bits per heavy atom. The van der Waals surface area contributed by atoms with E-state index in [0.29, 0.717) is 6.42 Å². The van der Waals surface area contributed by atoms with Crippen LogP contribution in [0.1, 0.15) is 52.5 Å². The molecule has 0 heterocycles. The third-order valence-corrected chi connectivity index (χ3v) is 5.06. The number of rotatable bonds is 14. The van der Waals surface area contributed by atoms with Gasteiger partial charge in [0.15, 0.2) is 12.2 Å². The van der Waals surface area contributed by atoms with Crippen LogP contribution in [0.5, 0.6) is 0 Å². The van der Waals surface area contributed by atoms with E-state index in [4.69, 9.17) is 18.9 Å². The van der Waals surface area contributed by atoms with Crippen molar-refractivity contribution in [2.24, 2.45) is 0 Å². The van der Waals surface area contributed by atoms with Crippen LogP contribution in [0, 0.1) is 0 Å². The fourth-order valence-electron chi connectivity index (χ4n) is 3.50. The van der Waals surface area contributed by atoms with Gasteiger partial charge in [0, 0.05) is 6.61 Å². The normalized spacial score (nSPS) is 13.3. The van der Waals surface area contributed by atoms with Gasteiger partial charge >= 0.3 is 17.9 Å². The summed E-state index contributed by atoms with van der Waals surface area (Å²) in [7, 11) is 0. The first-order valence-electron chi connectivity index (χ1n) is 11.9. The summed E-state index contributed by atoms with van der Waals surface area (Å²) in [5.41, 5.74) is 0.400. The second-order valence-electron chi connectivity index (χ2n) is 9.19. The van der Waals surface area contributed by atoms with E-state index in [1.54, 1.807) is 27.7 Å². The summed E-state index contributed by atoms with van der Waals surface area (Å²) in [4.78, 5) is 36.1. The molecule has 2 aromatic carbocycles. The highest BCUT2D eigenvalue weighted by Gasteiger charge is 2.39. The Balaban J connectivity index is 1.90. The molecule has 0 fully saturated rings. The van der Waals surface area contributed by atoms with Gasteiger partial charge in [-0.05, 0) is 63.3 Å². The Bertz CT molecular complexity index is 979. The molecule has 0 saturated heterocycles. The van der Waals surface area contributed by atoms with Gasteiger partial charge in [0.05, 0.1) is 6.61 Å². The van der Waals surface area contributed by atoms with Crippen molar-refractivity contribution < 1.29 is 38.4 Å². The van der Waals surface area contributed by atoms with Crippen molar-refractivity contribution in [2.45, 2.75) is 71.2 Å². The first kappa shape index (κ1) is 28.3. The minimum Gasteiger partial charge on any atom is -0.479 e. The number of benzene rings is 2. The summed E-state index contributed by atoms with van der Waals surface area (Å²) in [6, 6.07) is 14.6. The molecule has 0 aliphatic carbocycles. The molecule has 0 bridgehead atoms. The van der Waals surface area contributed by atoms with Gasteiger partial charge in [0.2, 0.25) is 0 Å². The number of carboxylic acids is 1. The van der Waals surface area contributed by atoms with Crippen molar-refractivity contribution in [3.05, 3.63) is 48.0 Å². The van der Waals surface area contributed by atoms with Crippen molar-refractivity contribution >= 4 is 28.7 Å². The number of carbonyl (C=O) groups excluding carboxylic acids is 2. The molecule has 2 aromatic rings. The lowest BCUT2D eigenvalue weighted by atomic mass is 10.0. The molecule has 0 aliphatic heterocycles. The Labute approximate surface area is 206 Å². The molecule has 8 heteroatoms. The lowest BCUT2D eigenvalue weighted by molar-refractivity contribution is -0.190. The first-order valence-corrected chi connectivity index (χ1v) is 11.9. The van der Waals surface area contributed by atoms with E-state index in [0.717, 1.165) is 19.3 Å². The van der Waals surface area contributed by atoms with Gasteiger partial charge in [-0.2, -0.15) is 0 Å². The Morgan fingerprint density at radius 3 is 2.29 bits per heavy atom. The maximum atomic E-state index is 12.7. The third-order valence-electron chi connectivity index (χ3n) is 5.06. The van der Waals surface area contributed by atoms with E-state index < -0.39 is 42.3 Å². The van der Waals surface area contributed by atoms with Crippen LogP contribution in [-0.4, -0.2) is 60.6 Å². The Kier molecular flexibility index (Phi) is 11.1. The molecule has 0 radical (unpaired) electrons. The average molecular weight is 489 g/mol. The van der Waals surface area contributed by atoms with Crippen molar-refractivity contribution in [1.82, 2.24) is 0 Å². The summed E-state index contributed by atoms with van der Waals surface area (Å²) in [6.45, 7) is 6.30. The highest BCUT2D eigenvalue weighted by molar-refractivity contribution is 5.85. The lowest BCUT2D eigenvalue weighted by Crippen LogP contribution is -2.47. The lowest BCUT2D eigenvalue weighted by Gasteiger charge is -2.27. The van der Waals surface area contributed by atoms with Crippen LogP contribution < -0.4 is 0 Å². The van der Waals surface area contributed by atoms with Gasteiger partial charge in [-0.15, -0.1) is 0 Å². The van der Waals surface area contributed by atoms with E-state index in [1.807, 2.05) is 12.1 Å². The number of carbonyl (C=O) groups is 3. The molecule has 0 unspecified atom stereocenters. The van der Waals surface area contributed by atoms with Crippen molar-refractivity contribution in [3.8, 4) is 0 Å². The predicted octanol–water partition coefficient (Wildman–Crippen LogP) is 4.31. The monoisotopic (exact) mass is 488 g/mol. The number of aryl methyl sites for hydroxylation is 1. The second-order valence-corrected chi connectivity index (χ2v) is 9.19. The molecule has 0 aromatic heterocycles. The maximum Gasteiger partial charge on any atom is 0.339 e. The van der Waals surface area contributed by atoms with Crippen molar-refractivity contribution in [2.75, 3.05) is 19.8 Å². The molecule has 0 aliphatic rings. The highest BCUT2D eigenvalue weighted by Crippen LogP contribution is 2.18. The van der Waals surface area contributed by atoms with Gasteiger partial charge in [-0.25, -0.2) is 14.4 Å². The fraction of sp³-hybridized carbons (Fsp3) is 0.519. The quantitative estimate of drug-likeness (QED) is 0.310. The van der Waals surface area contributed by atoms with E-state index >= 15 is 0 Å². The van der Waals surface area contributed by atoms with Crippen LogP contribution in [0.3, 0.4) is 0 Å². The minimum atomic E-state index is -1.70. The molecule has 2 rings (SSSR count). The van der Waals surface area contributed by atoms with Crippen LogP contribution in [-0.2, 0) is 39.8 Å². The molecule has 0 saturated carbocycles. The van der Waals surface area contributed by atoms with Gasteiger partial charge in [-0.3, -0.25) is 0 Å². The van der Waals surface area contributed by atoms with Gasteiger partial charge in [0.25, 0.3) is 0 Å². The summed E-state index contributed by atoms with van der Waals surface area (Å²) < 4.78 is 20.9. The summed E-state index contributed by atoms with van der Waals surface area (Å²) in [5.74, 6) is -3.01. The SMILES string of the molecule is CCOC(=O)CO[C@@H](C(=O)O)[C@@H](OCCCCCc1ccc2ccccc2c1)C(=O)OC(C)(C)C. The minimum absolute atomic E-state index is 0.130. The molecule has 0 amide bonds. The highest BCUT2D eigenvalue weighted by atomic mass is 16.6. The number of fused-ring (bicyclic) bond motifs is 1. The molecule has 35 heavy (non-hydrogen) atoms. The zero-order valence-electron chi connectivity index (χ0n) is 21.0. The summed E-state index contributed by atoms with van der Waals surface area (Å²) in [5, 5.41) is 12.0. The van der Waals surface area contributed by atoms with E-state index in [-0.39, 0.29) is 13.2 Å². The van der Waals surface area contributed by atoms with Crippen molar-refractivity contribution in [3.63, 3.8) is 0 Å². The van der Waals surface area contributed by atoms with E-state index in [9.17, 15) is 19.5 Å². The van der Waals surface area contributed by atoms with Crippen LogP contribution in [0.15, 0.2) is 42.5 Å². The number of carboxylic acid groups (broad SMARTS) is 1. The average Bonchev–Trinajstić information content (AvgIpc) is 2.78. The number of aliphatic carboxylic acids is 1. The fourth-order valence-corrected chi connectivity index (χ4v) is 3.50.